The molecule has 19 nitrogen and oxygen atoms in total. The molecule has 444 valence electrons. The van der Waals surface area contributed by atoms with Gasteiger partial charge in [0.1, 0.15) is 43.3 Å². The molecular formula is C58H95N2O17P. The normalized spacial score (nSPS) is 36.7. The van der Waals surface area contributed by atoms with Crippen molar-refractivity contribution >= 4 is 37.0 Å². The van der Waals surface area contributed by atoms with Gasteiger partial charge >= 0.3 is 5.97 Å². The summed E-state index contributed by atoms with van der Waals surface area (Å²) < 4.78 is 58.8. The second-order valence-corrected chi connectivity index (χ2v) is 25.0. The zero-order valence-corrected chi connectivity index (χ0v) is 49.8. The van der Waals surface area contributed by atoms with Gasteiger partial charge in [-0.3, -0.25) is 23.7 Å². The fourth-order valence-corrected chi connectivity index (χ4v) is 11.8. The lowest BCUT2D eigenvalue weighted by atomic mass is 9.78. The number of rotatable bonds is 15. The largest absolute Gasteiger partial charge is 0.756 e. The van der Waals surface area contributed by atoms with E-state index >= 15 is 0 Å². The molecule has 16 atom stereocenters. The van der Waals surface area contributed by atoms with Crippen molar-refractivity contribution in [2.75, 3.05) is 75.4 Å². The van der Waals surface area contributed by atoms with E-state index in [9.17, 15) is 43.6 Å². The molecule has 4 rings (SSSR count). The number of quaternary nitrogens is 1. The average molecular weight is 1120 g/mol. The van der Waals surface area contributed by atoms with Gasteiger partial charge in [-0.2, -0.15) is 0 Å². The third-order valence-electron chi connectivity index (χ3n) is 16.1. The number of esters is 1. The van der Waals surface area contributed by atoms with Crippen LogP contribution in [0.3, 0.4) is 0 Å². The molecule has 20 heteroatoms. The SMILES string of the molecule is CO[C@@H]1C[C@@H]2CC[C@@H](C)[C@@](O)(O2)C(=O)C(=O)N2CCCC[C@H]2C(=O)O[C@H]([C@H](C)C[C@@H]2CC[C@@H](OCCOP(=O)([O-])OCC[N+](C)(C)C)[C@H](OC)C2)CC(=O)[C@H](C)/C=C(\C)[C@@H](O)[C@@H](OC)C(=O)[C@H](C)C[C@H](C)\C=C/C=C/C=C/1C. The summed E-state index contributed by atoms with van der Waals surface area (Å²) in [6, 6.07) is -1.19. The van der Waals surface area contributed by atoms with Crippen LogP contribution in [0.25, 0.3) is 0 Å². The van der Waals surface area contributed by atoms with E-state index in [1.165, 1.54) is 12.0 Å². The van der Waals surface area contributed by atoms with Crippen molar-refractivity contribution in [3.05, 3.63) is 47.6 Å². The summed E-state index contributed by atoms with van der Waals surface area (Å²) in [6.07, 6.45) is 10.8. The Bertz CT molecular complexity index is 2160. The van der Waals surface area contributed by atoms with Gasteiger partial charge in [0.05, 0.1) is 58.8 Å². The molecular weight excluding hydrogens is 1030 g/mol. The van der Waals surface area contributed by atoms with Crippen molar-refractivity contribution in [3.63, 3.8) is 0 Å². The van der Waals surface area contributed by atoms with Gasteiger partial charge < -0.3 is 62.0 Å². The molecule has 0 aromatic carbocycles. The predicted octanol–water partition coefficient (Wildman–Crippen LogP) is 6.41. The number of hydrogen-bond donors (Lipinski definition) is 2. The van der Waals surface area contributed by atoms with Gasteiger partial charge in [-0.25, -0.2) is 4.79 Å². The van der Waals surface area contributed by atoms with Crippen LogP contribution in [0.15, 0.2) is 47.6 Å². The van der Waals surface area contributed by atoms with Gasteiger partial charge in [0.2, 0.25) is 5.79 Å². The van der Waals surface area contributed by atoms with E-state index in [2.05, 4.69) is 0 Å². The fraction of sp³-hybridized carbons (Fsp3) is 0.776. The van der Waals surface area contributed by atoms with Crippen LogP contribution in [-0.4, -0.2) is 179 Å². The average Bonchev–Trinajstić information content (AvgIpc) is 3.38. The number of phosphoric ester groups is 1. The number of aliphatic hydroxyl groups excluding tert-OH is 1. The smallest absolute Gasteiger partial charge is 0.329 e. The minimum absolute atomic E-state index is 0.00477. The topological polar surface area (TPSA) is 243 Å². The lowest BCUT2D eigenvalue weighted by molar-refractivity contribution is -0.870. The number of fused-ring (bicyclic) bond motifs is 3. The number of carbonyl (C=O) groups excluding carboxylic acids is 5. The summed E-state index contributed by atoms with van der Waals surface area (Å²) in [6.45, 7) is 12.8. The molecule has 1 amide bonds. The van der Waals surface area contributed by atoms with Crippen LogP contribution in [0.4, 0.5) is 0 Å². The number of phosphoric acid groups is 1. The number of cyclic esters (lactones) is 1. The molecule has 2 bridgehead atoms. The van der Waals surface area contributed by atoms with Crippen molar-refractivity contribution in [1.29, 1.82) is 0 Å². The fourth-order valence-electron chi connectivity index (χ4n) is 11.1. The summed E-state index contributed by atoms with van der Waals surface area (Å²) >= 11 is 0. The molecule has 0 radical (unpaired) electrons. The number of Topliss-reactive ketones (excluding diaryl/α,β-unsaturated/α-hetero) is 3. The molecule has 78 heavy (non-hydrogen) atoms. The van der Waals surface area contributed by atoms with Crippen LogP contribution in [0, 0.1) is 35.5 Å². The Morgan fingerprint density at radius 3 is 2.22 bits per heavy atom. The lowest BCUT2D eigenvalue weighted by Gasteiger charge is -2.42. The van der Waals surface area contributed by atoms with Gasteiger partial charge in [0, 0.05) is 58.5 Å². The second-order valence-electron chi connectivity index (χ2n) is 23.6. The third-order valence-corrected chi connectivity index (χ3v) is 17.1. The van der Waals surface area contributed by atoms with E-state index in [4.69, 9.17) is 37.5 Å². The molecule has 0 aromatic rings. The molecule has 1 unspecified atom stereocenters. The number of nitrogens with zero attached hydrogens (tertiary/aromatic N) is 2. The Hall–Kier alpha value is -3.30. The number of carbonyl (C=O) groups is 5. The first kappa shape index (κ1) is 67.2. The quantitative estimate of drug-likeness (QED) is 0.0449. The number of ether oxygens (including phenoxy) is 6. The zero-order valence-electron chi connectivity index (χ0n) is 48.9. The number of amides is 1. The van der Waals surface area contributed by atoms with E-state index in [0.29, 0.717) is 80.8 Å². The Morgan fingerprint density at radius 1 is 0.846 bits per heavy atom. The summed E-state index contributed by atoms with van der Waals surface area (Å²) in [4.78, 5) is 85.0. The first-order chi connectivity index (χ1) is 36.6. The monoisotopic (exact) mass is 1120 g/mol. The predicted molar refractivity (Wildman–Crippen MR) is 291 cm³/mol. The molecule has 1 saturated carbocycles. The van der Waals surface area contributed by atoms with Crippen LogP contribution < -0.4 is 4.89 Å². The first-order valence-electron chi connectivity index (χ1n) is 28.2. The van der Waals surface area contributed by atoms with Crippen molar-refractivity contribution in [3.8, 4) is 0 Å². The van der Waals surface area contributed by atoms with Gasteiger partial charge in [-0.05, 0) is 107 Å². The molecule has 0 spiro atoms. The van der Waals surface area contributed by atoms with E-state index in [1.54, 1.807) is 48.0 Å². The van der Waals surface area contributed by atoms with Crippen LogP contribution in [0.1, 0.15) is 126 Å². The number of ketones is 3. The van der Waals surface area contributed by atoms with Gasteiger partial charge in [0.25, 0.3) is 19.5 Å². The Morgan fingerprint density at radius 2 is 1.55 bits per heavy atom. The highest BCUT2D eigenvalue weighted by Crippen LogP contribution is 2.40. The number of methoxy groups -OCH3 is 3. The zero-order chi connectivity index (χ0) is 58.1. The van der Waals surface area contributed by atoms with Crippen LogP contribution >= 0.6 is 7.82 Å². The molecule has 4 aliphatic rings. The van der Waals surface area contributed by atoms with Crippen molar-refractivity contribution < 1.29 is 85.6 Å². The number of hydrogen-bond acceptors (Lipinski definition) is 17. The second kappa shape index (κ2) is 31.2. The summed E-state index contributed by atoms with van der Waals surface area (Å²) in [5, 5.41) is 23.6. The molecule has 2 saturated heterocycles. The first-order valence-corrected chi connectivity index (χ1v) is 29.6. The van der Waals surface area contributed by atoms with Crippen LogP contribution in [0.5, 0.6) is 0 Å². The number of aliphatic hydroxyl groups is 2. The number of piperidine rings is 1. The molecule has 3 heterocycles. The number of allylic oxidation sites excluding steroid dienone is 6. The minimum atomic E-state index is -4.53. The molecule has 3 fully saturated rings. The van der Waals surface area contributed by atoms with E-state index in [0.717, 1.165) is 5.57 Å². The van der Waals surface area contributed by atoms with Gasteiger partial charge in [-0.15, -0.1) is 0 Å². The highest BCUT2D eigenvalue weighted by atomic mass is 31.2. The maximum Gasteiger partial charge on any atom is 0.329 e. The Balaban J connectivity index is 1.62. The van der Waals surface area contributed by atoms with Crippen molar-refractivity contribution in [2.45, 2.75) is 180 Å². The molecule has 2 N–H and O–H groups in total. The standard InChI is InChI=1S/C58H95N2O17P/c1-37-19-15-14-16-20-38(2)49(70-11)35-45-24-22-43(7)58(67,77-45)55(64)56(65)59-26-18-17-21-46(59)57(66)76-50(36-47(61)39(3)32-42(6)53(63)54(72-13)52(62)41(5)31-37)40(4)33-44-23-25-48(51(34-44)71-12)73-29-30-75-78(68,69)74-28-27-60(8,9)10/h14-16,19-20,32,37,39-41,43-46,48-51,53-54,63,67H,17-18,21-31,33-36H2,1-13H3/b16-14+,19-15-,38-20+,42-32+/t37-,39-,40-,41-,43-,44+,45+,46+,48-,49-,50+,51-,53-,54+,58-/m1/s1. The van der Waals surface area contributed by atoms with Crippen molar-refractivity contribution in [1.82, 2.24) is 4.90 Å². The van der Waals surface area contributed by atoms with Crippen LogP contribution in [-0.2, 0) is 66.0 Å². The van der Waals surface area contributed by atoms with Crippen LogP contribution in [0.2, 0.25) is 0 Å². The minimum Gasteiger partial charge on any atom is -0.756 e. The highest BCUT2D eigenvalue weighted by molar-refractivity contribution is 7.45. The van der Waals surface area contributed by atoms with Crippen molar-refractivity contribution in [2.24, 2.45) is 35.5 Å². The Kier molecular flexibility index (Phi) is 26.9. The Labute approximate surface area is 464 Å². The molecule has 0 aromatic heterocycles. The van der Waals surface area contributed by atoms with E-state index in [1.807, 2.05) is 72.3 Å². The maximum atomic E-state index is 14.6. The van der Waals surface area contributed by atoms with E-state index in [-0.39, 0.29) is 74.8 Å². The van der Waals surface area contributed by atoms with E-state index < -0.39 is 91.5 Å². The summed E-state index contributed by atoms with van der Waals surface area (Å²) in [5.74, 6) is -8.43. The molecule has 1 aliphatic carbocycles. The number of likely N-dealkylation sites (N-methyl/N-ethyl adjacent to an activating group) is 1. The highest BCUT2D eigenvalue weighted by Gasteiger charge is 2.53. The molecule has 3 aliphatic heterocycles. The maximum absolute atomic E-state index is 14.6. The summed E-state index contributed by atoms with van der Waals surface area (Å²) in [5.41, 5.74) is 1.22. The van der Waals surface area contributed by atoms with Gasteiger partial charge in [-0.1, -0.05) is 71.1 Å². The van der Waals surface area contributed by atoms with Gasteiger partial charge in [0.15, 0.2) is 5.78 Å². The lowest BCUT2D eigenvalue weighted by Crippen LogP contribution is -2.61. The third kappa shape index (κ3) is 20.0. The summed E-state index contributed by atoms with van der Waals surface area (Å²) in [7, 11) is 5.75.